The molecule has 0 amide bonds. The van der Waals surface area contributed by atoms with Gasteiger partial charge < -0.3 is 5.73 Å². The second-order valence-corrected chi connectivity index (χ2v) is 5.83. The van der Waals surface area contributed by atoms with Gasteiger partial charge in [0.25, 0.3) is 0 Å². The van der Waals surface area contributed by atoms with Gasteiger partial charge in [0.1, 0.15) is 9.84 Å². The van der Waals surface area contributed by atoms with Crippen LogP contribution in [0.4, 0.5) is 0 Å². The summed E-state index contributed by atoms with van der Waals surface area (Å²) in [5, 5.41) is 0. The summed E-state index contributed by atoms with van der Waals surface area (Å²) in [5.74, 6) is 1.30. The lowest BCUT2D eigenvalue weighted by Crippen LogP contribution is -2.11. The second kappa shape index (κ2) is 4.23. The number of rotatable bonds is 2. The Balaban J connectivity index is 2.45. The highest BCUT2D eigenvalue weighted by Crippen LogP contribution is 2.20. The summed E-state index contributed by atoms with van der Waals surface area (Å²) in [4.78, 5) is 0. The molecule has 1 saturated heterocycles. The average Bonchev–Trinajstić information content (AvgIpc) is 2.14. The third-order valence-electron chi connectivity index (χ3n) is 2.48. The average molecular weight is 191 g/mol. The van der Waals surface area contributed by atoms with E-state index in [1.807, 2.05) is 0 Å². The Morgan fingerprint density at radius 1 is 1.25 bits per heavy atom. The zero-order chi connectivity index (χ0) is 9.03. The molecule has 4 heteroatoms. The van der Waals surface area contributed by atoms with E-state index in [9.17, 15) is 8.42 Å². The third kappa shape index (κ3) is 3.11. The van der Waals surface area contributed by atoms with E-state index < -0.39 is 9.84 Å². The Morgan fingerprint density at radius 2 is 2.00 bits per heavy atom. The minimum Gasteiger partial charge on any atom is -0.330 e. The molecule has 0 saturated carbocycles. The van der Waals surface area contributed by atoms with E-state index in [-0.39, 0.29) is 0 Å². The number of nitrogens with two attached hydrogens (primary N) is 1. The Morgan fingerprint density at radius 3 is 2.67 bits per heavy atom. The first-order valence-electron chi connectivity index (χ1n) is 4.54. The van der Waals surface area contributed by atoms with E-state index in [0.717, 1.165) is 25.7 Å². The lowest BCUT2D eigenvalue weighted by atomic mass is 9.97. The Bertz CT molecular complexity index is 223. The molecule has 0 aromatic rings. The van der Waals surface area contributed by atoms with Crippen molar-refractivity contribution >= 4 is 9.84 Å². The van der Waals surface area contributed by atoms with Gasteiger partial charge in [-0.15, -0.1) is 0 Å². The quantitative estimate of drug-likeness (QED) is 0.693. The molecular weight excluding hydrogens is 174 g/mol. The largest absolute Gasteiger partial charge is 0.330 e. The highest BCUT2D eigenvalue weighted by atomic mass is 32.2. The molecular formula is C8H17NO2S. The molecule has 0 aromatic carbocycles. The van der Waals surface area contributed by atoms with Crippen LogP contribution in [0.3, 0.4) is 0 Å². The number of hydrogen-bond donors (Lipinski definition) is 1. The first-order valence-corrected chi connectivity index (χ1v) is 6.37. The summed E-state index contributed by atoms with van der Waals surface area (Å²) in [5.41, 5.74) is 5.43. The van der Waals surface area contributed by atoms with Crippen molar-refractivity contribution in [2.45, 2.75) is 25.7 Å². The first-order chi connectivity index (χ1) is 5.64. The molecule has 0 bridgehead atoms. The van der Waals surface area contributed by atoms with Crippen LogP contribution in [0.5, 0.6) is 0 Å². The van der Waals surface area contributed by atoms with Crippen molar-refractivity contribution in [2.75, 3.05) is 18.1 Å². The Hall–Kier alpha value is -0.0900. The van der Waals surface area contributed by atoms with Crippen LogP contribution in [0.2, 0.25) is 0 Å². The smallest absolute Gasteiger partial charge is 0.150 e. The molecule has 1 aliphatic rings. The van der Waals surface area contributed by atoms with Crippen molar-refractivity contribution in [1.29, 1.82) is 0 Å². The van der Waals surface area contributed by atoms with E-state index >= 15 is 0 Å². The van der Waals surface area contributed by atoms with Gasteiger partial charge in [0.15, 0.2) is 0 Å². The van der Waals surface area contributed by atoms with Crippen LogP contribution in [-0.4, -0.2) is 26.5 Å². The van der Waals surface area contributed by atoms with Crippen LogP contribution in [0, 0.1) is 5.92 Å². The van der Waals surface area contributed by atoms with Crippen molar-refractivity contribution in [3.63, 3.8) is 0 Å². The minimum atomic E-state index is -2.71. The van der Waals surface area contributed by atoms with Crippen LogP contribution < -0.4 is 5.73 Å². The van der Waals surface area contributed by atoms with Crippen LogP contribution >= 0.6 is 0 Å². The van der Waals surface area contributed by atoms with E-state index in [0.29, 0.717) is 24.0 Å². The van der Waals surface area contributed by atoms with Crippen LogP contribution in [-0.2, 0) is 9.84 Å². The third-order valence-corrected chi connectivity index (χ3v) is 4.25. The van der Waals surface area contributed by atoms with Gasteiger partial charge >= 0.3 is 0 Å². The maximum atomic E-state index is 11.2. The van der Waals surface area contributed by atoms with Crippen molar-refractivity contribution in [2.24, 2.45) is 11.7 Å². The molecule has 3 nitrogen and oxygen atoms in total. The van der Waals surface area contributed by atoms with Gasteiger partial charge in [-0.3, -0.25) is 0 Å². The summed E-state index contributed by atoms with van der Waals surface area (Å²) < 4.78 is 22.4. The maximum Gasteiger partial charge on any atom is 0.150 e. The fraction of sp³-hybridized carbons (Fsp3) is 1.00. The monoisotopic (exact) mass is 191 g/mol. The predicted molar refractivity (Wildman–Crippen MR) is 49.7 cm³/mol. The highest BCUT2D eigenvalue weighted by molar-refractivity contribution is 7.91. The Kier molecular flexibility index (Phi) is 3.53. The predicted octanol–water partition coefficient (Wildman–Crippen LogP) is 0.550. The normalized spacial score (nSPS) is 29.6. The van der Waals surface area contributed by atoms with Crippen molar-refractivity contribution in [3.05, 3.63) is 0 Å². The number of hydrogen-bond acceptors (Lipinski definition) is 3. The van der Waals surface area contributed by atoms with Crippen molar-refractivity contribution in [3.8, 4) is 0 Å². The molecule has 1 rings (SSSR count). The summed E-state index contributed by atoms with van der Waals surface area (Å²) in [6.45, 7) is 0.685. The molecule has 0 aromatic heterocycles. The Labute approximate surface area is 74.3 Å². The SMILES string of the molecule is NCCC1CCCS(=O)(=O)CC1. The van der Waals surface area contributed by atoms with E-state index in [2.05, 4.69) is 0 Å². The van der Waals surface area contributed by atoms with E-state index in [1.165, 1.54) is 0 Å². The fourth-order valence-electron chi connectivity index (χ4n) is 1.71. The highest BCUT2D eigenvalue weighted by Gasteiger charge is 2.19. The van der Waals surface area contributed by atoms with E-state index in [4.69, 9.17) is 5.73 Å². The van der Waals surface area contributed by atoms with Gasteiger partial charge in [-0.1, -0.05) is 0 Å². The van der Waals surface area contributed by atoms with E-state index in [1.54, 1.807) is 0 Å². The van der Waals surface area contributed by atoms with Crippen LogP contribution in [0.1, 0.15) is 25.7 Å². The fourth-order valence-corrected chi connectivity index (χ4v) is 3.21. The zero-order valence-electron chi connectivity index (χ0n) is 7.33. The number of sulfone groups is 1. The molecule has 0 spiro atoms. The van der Waals surface area contributed by atoms with Crippen molar-refractivity contribution in [1.82, 2.24) is 0 Å². The van der Waals surface area contributed by atoms with Crippen molar-refractivity contribution < 1.29 is 8.42 Å². The molecule has 1 fully saturated rings. The van der Waals surface area contributed by atoms with Gasteiger partial charge in [0.05, 0.1) is 11.5 Å². The molecule has 72 valence electrons. The molecule has 2 N–H and O–H groups in total. The first kappa shape index (κ1) is 9.99. The molecule has 1 aliphatic heterocycles. The summed E-state index contributed by atoms with van der Waals surface area (Å²) in [6.07, 6.45) is 3.67. The molecule has 1 unspecified atom stereocenters. The standard InChI is InChI=1S/C8H17NO2S/c9-5-3-8-2-1-6-12(10,11)7-4-8/h8H,1-7,9H2. The van der Waals surface area contributed by atoms with Gasteiger partial charge in [-0.25, -0.2) is 8.42 Å². The lowest BCUT2D eigenvalue weighted by Gasteiger charge is -2.10. The molecule has 0 aliphatic carbocycles. The van der Waals surface area contributed by atoms with Gasteiger partial charge in [0, 0.05) is 0 Å². The topological polar surface area (TPSA) is 60.2 Å². The minimum absolute atomic E-state index is 0.373. The second-order valence-electron chi connectivity index (χ2n) is 3.53. The van der Waals surface area contributed by atoms with Crippen LogP contribution in [0.25, 0.3) is 0 Å². The zero-order valence-corrected chi connectivity index (χ0v) is 8.15. The van der Waals surface area contributed by atoms with Gasteiger partial charge in [-0.05, 0) is 38.1 Å². The molecule has 12 heavy (non-hydrogen) atoms. The summed E-state index contributed by atoms with van der Waals surface area (Å²) in [7, 11) is -2.71. The van der Waals surface area contributed by atoms with Gasteiger partial charge in [-0.2, -0.15) is 0 Å². The molecule has 1 heterocycles. The summed E-state index contributed by atoms with van der Waals surface area (Å²) >= 11 is 0. The lowest BCUT2D eigenvalue weighted by molar-refractivity contribution is 0.448. The van der Waals surface area contributed by atoms with Gasteiger partial charge in [0.2, 0.25) is 0 Å². The van der Waals surface area contributed by atoms with Crippen LogP contribution in [0.15, 0.2) is 0 Å². The summed E-state index contributed by atoms with van der Waals surface area (Å²) in [6, 6.07) is 0. The molecule has 0 radical (unpaired) electrons. The maximum absolute atomic E-state index is 11.2. The molecule has 1 atom stereocenters.